The van der Waals surface area contributed by atoms with Gasteiger partial charge in [0.25, 0.3) is 0 Å². The third kappa shape index (κ3) is 3.21. The first kappa shape index (κ1) is 14.4. The predicted octanol–water partition coefficient (Wildman–Crippen LogP) is 3.82. The third-order valence-electron chi connectivity index (χ3n) is 3.52. The van der Waals surface area contributed by atoms with Gasteiger partial charge in [-0.2, -0.15) is 0 Å². The van der Waals surface area contributed by atoms with Gasteiger partial charge in [0.05, 0.1) is 0 Å². The number of halogens is 2. The lowest BCUT2D eigenvalue weighted by Crippen LogP contribution is -2.29. The SMILES string of the molecule is O=C1Nc2ccc(Cl)cc2C1NCCc1ccc(Cl)cc1. The van der Waals surface area contributed by atoms with Crippen molar-refractivity contribution in [3.05, 3.63) is 63.6 Å². The second-order valence-electron chi connectivity index (χ2n) is 4.98. The molecule has 2 aromatic carbocycles. The van der Waals surface area contributed by atoms with E-state index in [9.17, 15) is 4.79 Å². The minimum Gasteiger partial charge on any atom is -0.324 e. The van der Waals surface area contributed by atoms with Crippen LogP contribution in [0.4, 0.5) is 5.69 Å². The van der Waals surface area contributed by atoms with E-state index in [1.54, 1.807) is 6.07 Å². The fraction of sp³-hybridized carbons (Fsp3) is 0.188. The first-order chi connectivity index (χ1) is 10.1. The Labute approximate surface area is 133 Å². The minimum atomic E-state index is -0.342. The van der Waals surface area contributed by atoms with Gasteiger partial charge in [0.2, 0.25) is 5.91 Å². The number of hydrogen-bond acceptors (Lipinski definition) is 2. The molecule has 3 nitrogen and oxygen atoms in total. The molecule has 2 aromatic rings. The Morgan fingerprint density at radius 3 is 2.52 bits per heavy atom. The molecule has 21 heavy (non-hydrogen) atoms. The number of benzene rings is 2. The Hall–Kier alpha value is -1.55. The van der Waals surface area contributed by atoms with Crippen molar-refractivity contribution < 1.29 is 4.79 Å². The largest absolute Gasteiger partial charge is 0.324 e. The average Bonchev–Trinajstić information content (AvgIpc) is 2.77. The molecule has 0 saturated carbocycles. The van der Waals surface area contributed by atoms with Crippen molar-refractivity contribution in [2.75, 3.05) is 11.9 Å². The molecule has 0 radical (unpaired) electrons. The summed E-state index contributed by atoms with van der Waals surface area (Å²) in [7, 11) is 0. The summed E-state index contributed by atoms with van der Waals surface area (Å²) in [5.41, 5.74) is 2.91. The van der Waals surface area contributed by atoms with E-state index < -0.39 is 0 Å². The zero-order valence-electron chi connectivity index (χ0n) is 11.2. The van der Waals surface area contributed by atoms with Crippen LogP contribution >= 0.6 is 23.2 Å². The molecule has 1 amide bonds. The molecule has 1 heterocycles. The molecule has 108 valence electrons. The number of hydrogen-bond donors (Lipinski definition) is 2. The maximum Gasteiger partial charge on any atom is 0.246 e. The van der Waals surface area contributed by atoms with Gasteiger partial charge in [-0.1, -0.05) is 35.3 Å². The van der Waals surface area contributed by atoms with Gasteiger partial charge < -0.3 is 10.6 Å². The van der Waals surface area contributed by atoms with Crippen LogP contribution in [0.2, 0.25) is 10.0 Å². The fourth-order valence-corrected chi connectivity index (χ4v) is 2.75. The van der Waals surface area contributed by atoms with Gasteiger partial charge in [0, 0.05) is 27.8 Å². The molecule has 1 unspecified atom stereocenters. The lowest BCUT2D eigenvalue weighted by atomic mass is 10.1. The molecule has 0 fully saturated rings. The number of carbonyl (C=O) groups is 1. The van der Waals surface area contributed by atoms with Crippen molar-refractivity contribution in [1.29, 1.82) is 0 Å². The van der Waals surface area contributed by atoms with Crippen molar-refractivity contribution in [2.45, 2.75) is 12.5 Å². The molecule has 0 aliphatic carbocycles. The summed E-state index contributed by atoms with van der Waals surface area (Å²) >= 11 is 11.9. The summed E-state index contributed by atoms with van der Waals surface area (Å²) in [6.45, 7) is 0.700. The Bertz CT molecular complexity index is 670. The summed E-state index contributed by atoms with van der Waals surface area (Å²) in [5.74, 6) is -0.0385. The normalized spacial score (nSPS) is 16.7. The maximum atomic E-state index is 12.0. The van der Waals surface area contributed by atoms with E-state index in [0.29, 0.717) is 11.6 Å². The standard InChI is InChI=1S/C16H14Cl2N2O/c17-11-3-1-10(2-4-11)7-8-19-15-13-9-12(18)5-6-14(13)20-16(15)21/h1-6,9,15,19H,7-8H2,(H,20,21). The predicted molar refractivity (Wildman–Crippen MR) is 86.0 cm³/mol. The van der Waals surface area contributed by atoms with Gasteiger partial charge in [-0.3, -0.25) is 4.79 Å². The van der Waals surface area contributed by atoms with Crippen LogP contribution in [0.15, 0.2) is 42.5 Å². The molecular formula is C16H14Cl2N2O. The molecule has 0 aromatic heterocycles. The van der Waals surface area contributed by atoms with Crippen LogP contribution in [-0.4, -0.2) is 12.5 Å². The Balaban J connectivity index is 1.65. The van der Waals surface area contributed by atoms with Gasteiger partial charge in [0.15, 0.2) is 0 Å². The number of fused-ring (bicyclic) bond motifs is 1. The molecule has 1 aliphatic rings. The zero-order valence-corrected chi connectivity index (χ0v) is 12.7. The summed E-state index contributed by atoms with van der Waals surface area (Å²) in [5, 5.41) is 7.49. The average molecular weight is 321 g/mol. The number of amides is 1. The lowest BCUT2D eigenvalue weighted by Gasteiger charge is -2.11. The molecule has 1 atom stereocenters. The molecular weight excluding hydrogens is 307 g/mol. The van der Waals surface area contributed by atoms with Crippen molar-refractivity contribution in [1.82, 2.24) is 5.32 Å². The van der Waals surface area contributed by atoms with Crippen molar-refractivity contribution in [3.63, 3.8) is 0 Å². The van der Waals surface area contributed by atoms with Crippen molar-refractivity contribution >= 4 is 34.8 Å². The molecule has 0 bridgehead atoms. The van der Waals surface area contributed by atoms with E-state index in [1.807, 2.05) is 36.4 Å². The first-order valence-corrected chi connectivity index (χ1v) is 7.47. The van der Waals surface area contributed by atoms with Crippen LogP contribution in [0.5, 0.6) is 0 Å². The van der Waals surface area contributed by atoms with Crippen LogP contribution < -0.4 is 10.6 Å². The van der Waals surface area contributed by atoms with Crippen LogP contribution in [0.1, 0.15) is 17.2 Å². The number of carbonyl (C=O) groups excluding carboxylic acids is 1. The number of anilines is 1. The molecule has 3 rings (SSSR count). The molecule has 2 N–H and O–H groups in total. The van der Waals surface area contributed by atoms with Gasteiger partial charge in [0.1, 0.15) is 6.04 Å². The van der Waals surface area contributed by atoms with Crippen LogP contribution in [-0.2, 0) is 11.2 Å². The first-order valence-electron chi connectivity index (χ1n) is 6.71. The highest BCUT2D eigenvalue weighted by Crippen LogP contribution is 2.32. The lowest BCUT2D eigenvalue weighted by molar-refractivity contribution is -0.117. The van der Waals surface area contributed by atoms with Gasteiger partial charge in [-0.15, -0.1) is 0 Å². The van der Waals surface area contributed by atoms with Crippen molar-refractivity contribution in [3.8, 4) is 0 Å². The number of rotatable bonds is 4. The highest BCUT2D eigenvalue weighted by atomic mass is 35.5. The van der Waals surface area contributed by atoms with E-state index in [-0.39, 0.29) is 11.9 Å². The maximum absolute atomic E-state index is 12.0. The Kier molecular flexibility index (Phi) is 4.15. The van der Waals surface area contributed by atoms with E-state index in [2.05, 4.69) is 10.6 Å². The topological polar surface area (TPSA) is 41.1 Å². The third-order valence-corrected chi connectivity index (χ3v) is 4.01. The summed E-state index contributed by atoms with van der Waals surface area (Å²) in [6.07, 6.45) is 0.830. The smallest absolute Gasteiger partial charge is 0.246 e. The highest BCUT2D eigenvalue weighted by Gasteiger charge is 2.29. The van der Waals surface area contributed by atoms with E-state index >= 15 is 0 Å². The summed E-state index contributed by atoms with van der Waals surface area (Å²) < 4.78 is 0. The highest BCUT2D eigenvalue weighted by molar-refractivity contribution is 6.31. The van der Waals surface area contributed by atoms with Crippen LogP contribution in [0.3, 0.4) is 0 Å². The Morgan fingerprint density at radius 2 is 1.76 bits per heavy atom. The van der Waals surface area contributed by atoms with Crippen LogP contribution in [0, 0.1) is 0 Å². The zero-order chi connectivity index (χ0) is 14.8. The van der Waals surface area contributed by atoms with E-state index in [1.165, 1.54) is 5.56 Å². The quantitative estimate of drug-likeness (QED) is 0.899. The van der Waals surface area contributed by atoms with E-state index in [0.717, 1.165) is 22.7 Å². The summed E-state index contributed by atoms with van der Waals surface area (Å²) in [6, 6.07) is 12.8. The molecule has 0 spiro atoms. The second kappa shape index (κ2) is 6.06. The van der Waals surface area contributed by atoms with Gasteiger partial charge in [-0.05, 0) is 42.3 Å². The summed E-state index contributed by atoms with van der Waals surface area (Å²) in [4.78, 5) is 12.0. The van der Waals surface area contributed by atoms with Gasteiger partial charge >= 0.3 is 0 Å². The monoisotopic (exact) mass is 320 g/mol. The second-order valence-corrected chi connectivity index (χ2v) is 5.86. The molecule has 0 saturated heterocycles. The fourth-order valence-electron chi connectivity index (χ4n) is 2.45. The van der Waals surface area contributed by atoms with E-state index in [4.69, 9.17) is 23.2 Å². The minimum absolute atomic E-state index is 0.0385. The Morgan fingerprint density at radius 1 is 1.05 bits per heavy atom. The van der Waals surface area contributed by atoms with Crippen molar-refractivity contribution in [2.24, 2.45) is 0 Å². The van der Waals surface area contributed by atoms with Gasteiger partial charge in [-0.25, -0.2) is 0 Å². The van der Waals surface area contributed by atoms with Crippen LogP contribution in [0.25, 0.3) is 0 Å². The molecule has 1 aliphatic heterocycles. The molecule has 5 heteroatoms. The number of nitrogens with one attached hydrogen (secondary N) is 2.